The lowest BCUT2D eigenvalue weighted by Gasteiger charge is -2.01. The fourth-order valence-corrected chi connectivity index (χ4v) is 0.732. The Kier molecular flexibility index (Phi) is 0.798. The molecule has 0 fully saturated rings. The molecule has 0 saturated carbocycles. The molecule has 2 heterocycles. The molecule has 0 aromatic carbocycles. The molecule has 0 bridgehead atoms. The predicted octanol–water partition coefficient (Wildman–Crippen LogP) is -0.0919. The minimum absolute atomic E-state index is 0.0949. The van der Waals surface area contributed by atoms with Gasteiger partial charge in [0.15, 0.2) is 6.17 Å². The second kappa shape index (κ2) is 1.58. The van der Waals surface area contributed by atoms with Crippen molar-refractivity contribution in [2.24, 2.45) is 20.0 Å². The highest BCUT2D eigenvalue weighted by molar-refractivity contribution is 6.37. The van der Waals surface area contributed by atoms with Gasteiger partial charge in [-0.2, -0.15) is 0 Å². The van der Waals surface area contributed by atoms with Gasteiger partial charge in [-0.1, -0.05) is 0 Å². The van der Waals surface area contributed by atoms with Crippen LogP contribution in [0.25, 0.3) is 0 Å². The summed E-state index contributed by atoms with van der Waals surface area (Å²) in [4.78, 5) is 15.6. The average Bonchev–Trinajstić information content (AvgIpc) is 2.33. The van der Waals surface area contributed by atoms with Crippen molar-refractivity contribution in [2.45, 2.75) is 6.17 Å². The lowest BCUT2D eigenvalue weighted by Crippen LogP contribution is -2.17. The normalized spacial score (nSPS) is 28.4. The topological polar surface area (TPSA) is 49.4 Å². The zero-order valence-corrected chi connectivity index (χ0v) is 4.60. The number of aliphatic imine (C=N–C) groups is 4. The summed E-state index contributed by atoms with van der Waals surface area (Å²) in [5.74, 6) is 0. The van der Waals surface area contributed by atoms with Crippen molar-refractivity contribution in [1.82, 2.24) is 0 Å². The highest BCUT2D eigenvalue weighted by atomic mass is 15.1. The second-order valence-electron chi connectivity index (χ2n) is 1.73. The van der Waals surface area contributed by atoms with Gasteiger partial charge in [-0.15, -0.1) is 0 Å². The summed E-state index contributed by atoms with van der Waals surface area (Å²) in [7, 11) is 0. The molecule has 4 heteroatoms. The maximum atomic E-state index is 3.94. The fourth-order valence-electron chi connectivity index (χ4n) is 0.732. The van der Waals surface area contributed by atoms with Crippen molar-refractivity contribution in [3.63, 3.8) is 0 Å². The van der Waals surface area contributed by atoms with Crippen LogP contribution in [0.3, 0.4) is 0 Å². The molecular weight excluding hydrogens is 116 g/mol. The number of fused-ring (bicyclic) bond motifs is 1. The Labute approximate surface area is 51.8 Å². The summed E-state index contributed by atoms with van der Waals surface area (Å²) >= 11 is 0. The molecule has 1 atom stereocenters. The molecule has 0 spiro atoms. The maximum absolute atomic E-state index is 3.94. The zero-order chi connectivity index (χ0) is 6.10. The van der Waals surface area contributed by atoms with Gasteiger partial charge in [0.1, 0.15) is 18.4 Å². The van der Waals surface area contributed by atoms with E-state index in [0.717, 1.165) is 5.71 Å². The van der Waals surface area contributed by atoms with E-state index in [-0.39, 0.29) is 6.17 Å². The fraction of sp³-hybridized carbons (Fsp3) is 0.200. The van der Waals surface area contributed by atoms with Crippen LogP contribution in [-0.4, -0.2) is 30.8 Å². The van der Waals surface area contributed by atoms with Crippen LogP contribution in [0.4, 0.5) is 0 Å². The SMILES string of the molecule is C1=NC=NC2N=CN=C12. The Balaban J connectivity index is 2.40. The summed E-state index contributed by atoms with van der Waals surface area (Å²) in [6, 6.07) is 0. The van der Waals surface area contributed by atoms with Crippen LogP contribution in [0.15, 0.2) is 20.0 Å². The maximum Gasteiger partial charge on any atom is 0.186 e. The molecule has 2 aliphatic rings. The van der Waals surface area contributed by atoms with Crippen LogP contribution in [0.5, 0.6) is 0 Å². The zero-order valence-electron chi connectivity index (χ0n) is 4.60. The standard InChI is InChI=1S/C5H4N4/c1-4-5(8-2-6-1)9-3-7-4/h1-3,5H. The Bertz CT molecular complexity index is 235. The summed E-state index contributed by atoms with van der Waals surface area (Å²) in [5, 5.41) is 0. The van der Waals surface area contributed by atoms with E-state index >= 15 is 0 Å². The highest BCUT2D eigenvalue weighted by Gasteiger charge is 2.15. The van der Waals surface area contributed by atoms with Gasteiger partial charge < -0.3 is 0 Å². The third-order valence-electron chi connectivity index (χ3n) is 1.16. The van der Waals surface area contributed by atoms with E-state index in [1.54, 1.807) is 6.21 Å². The molecule has 0 radical (unpaired) electrons. The monoisotopic (exact) mass is 120 g/mol. The van der Waals surface area contributed by atoms with Crippen molar-refractivity contribution in [3.05, 3.63) is 0 Å². The van der Waals surface area contributed by atoms with Crippen LogP contribution < -0.4 is 0 Å². The van der Waals surface area contributed by atoms with E-state index in [4.69, 9.17) is 0 Å². The van der Waals surface area contributed by atoms with Crippen LogP contribution in [0.1, 0.15) is 0 Å². The molecule has 2 rings (SSSR count). The molecule has 4 nitrogen and oxygen atoms in total. The third-order valence-corrected chi connectivity index (χ3v) is 1.16. The number of nitrogens with zero attached hydrogens (tertiary/aromatic N) is 4. The van der Waals surface area contributed by atoms with Gasteiger partial charge in [-0.05, 0) is 0 Å². The van der Waals surface area contributed by atoms with Gasteiger partial charge in [0.05, 0.1) is 6.21 Å². The minimum atomic E-state index is -0.0949. The van der Waals surface area contributed by atoms with Gasteiger partial charge >= 0.3 is 0 Å². The summed E-state index contributed by atoms with van der Waals surface area (Å²) in [6.07, 6.45) is 4.58. The molecule has 0 N–H and O–H groups in total. The Morgan fingerprint density at radius 1 is 1.22 bits per heavy atom. The molecule has 0 aromatic heterocycles. The van der Waals surface area contributed by atoms with Crippen molar-refractivity contribution in [3.8, 4) is 0 Å². The molecule has 0 amide bonds. The second-order valence-corrected chi connectivity index (χ2v) is 1.73. The predicted molar refractivity (Wildman–Crippen MR) is 36.7 cm³/mol. The lowest BCUT2D eigenvalue weighted by molar-refractivity contribution is 0.956. The van der Waals surface area contributed by atoms with E-state index in [0.29, 0.717) is 0 Å². The van der Waals surface area contributed by atoms with E-state index in [1.165, 1.54) is 12.7 Å². The number of rotatable bonds is 0. The van der Waals surface area contributed by atoms with Crippen LogP contribution in [-0.2, 0) is 0 Å². The van der Waals surface area contributed by atoms with E-state index in [1.807, 2.05) is 0 Å². The molecule has 9 heavy (non-hydrogen) atoms. The third kappa shape index (κ3) is 0.595. The van der Waals surface area contributed by atoms with Crippen molar-refractivity contribution in [2.75, 3.05) is 0 Å². The van der Waals surface area contributed by atoms with E-state index in [2.05, 4.69) is 20.0 Å². The molecule has 0 saturated heterocycles. The van der Waals surface area contributed by atoms with Crippen LogP contribution in [0.2, 0.25) is 0 Å². The first-order valence-electron chi connectivity index (χ1n) is 2.61. The van der Waals surface area contributed by atoms with E-state index < -0.39 is 0 Å². The van der Waals surface area contributed by atoms with Crippen LogP contribution >= 0.6 is 0 Å². The van der Waals surface area contributed by atoms with Gasteiger partial charge in [0, 0.05) is 0 Å². The van der Waals surface area contributed by atoms with Crippen molar-refractivity contribution >= 4 is 24.6 Å². The smallest absolute Gasteiger partial charge is 0.186 e. The molecule has 44 valence electrons. The quantitative estimate of drug-likeness (QED) is 0.429. The highest BCUT2D eigenvalue weighted by Crippen LogP contribution is 2.03. The number of hydrogen-bond acceptors (Lipinski definition) is 4. The van der Waals surface area contributed by atoms with Crippen molar-refractivity contribution in [1.29, 1.82) is 0 Å². The minimum Gasteiger partial charge on any atom is -0.243 e. The molecule has 0 aromatic rings. The largest absolute Gasteiger partial charge is 0.243 e. The van der Waals surface area contributed by atoms with Gasteiger partial charge in [0.2, 0.25) is 0 Å². The molecule has 0 aliphatic carbocycles. The van der Waals surface area contributed by atoms with Gasteiger partial charge in [-0.3, -0.25) is 0 Å². The average molecular weight is 120 g/mol. The molecular formula is C5H4N4. The summed E-state index contributed by atoms with van der Waals surface area (Å²) in [5.41, 5.74) is 0.831. The molecule has 1 unspecified atom stereocenters. The number of hydrogen-bond donors (Lipinski definition) is 0. The Morgan fingerprint density at radius 2 is 2.11 bits per heavy atom. The summed E-state index contributed by atoms with van der Waals surface area (Å²) < 4.78 is 0. The molecule has 2 aliphatic heterocycles. The van der Waals surface area contributed by atoms with E-state index in [9.17, 15) is 0 Å². The first kappa shape index (κ1) is 4.55. The first-order chi connectivity index (χ1) is 4.47. The first-order valence-corrected chi connectivity index (χ1v) is 2.61. The Morgan fingerprint density at radius 3 is 3.00 bits per heavy atom. The lowest BCUT2D eigenvalue weighted by atomic mass is 10.3. The Hall–Kier alpha value is -1.32. The summed E-state index contributed by atoms with van der Waals surface area (Å²) in [6.45, 7) is 0. The van der Waals surface area contributed by atoms with Gasteiger partial charge in [-0.25, -0.2) is 20.0 Å². The van der Waals surface area contributed by atoms with Gasteiger partial charge in [0.25, 0.3) is 0 Å². The van der Waals surface area contributed by atoms with Crippen LogP contribution in [0, 0.1) is 0 Å². The van der Waals surface area contributed by atoms with Crippen molar-refractivity contribution < 1.29 is 0 Å².